The van der Waals surface area contributed by atoms with Crippen LogP contribution in [-0.4, -0.2) is 61.3 Å². The molecule has 0 amide bonds. The Labute approximate surface area is 99.5 Å². The molecular weight excluding hydrogens is 208 g/mol. The third kappa shape index (κ3) is 2.27. The lowest BCUT2D eigenvalue weighted by Crippen LogP contribution is -3.00. The van der Waals surface area contributed by atoms with Crippen molar-refractivity contribution >= 4 is 0 Å². The Morgan fingerprint density at radius 3 is 1.20 bits per heavy atom. The first-order chi connectivity index (χ1) is 6.74. The van der Waals surface area contributed by atoms with Crippen LogP contribution in [0.5, 0.6) is 0 Å². The van der Waals surface area contributed by atoms with Crippen LogP contribution in [0.3, 0.4) is 0 Å². The average Bonchev–Trinajstić information content (AvgIpc) is 2.22. The van der Waals surface area contributed by atoms with Gasteiger partial charge in [0.15, 0.2) is 0 Å². The van der Waals surface area contributed by atoms with E-state index in [0.29, 0.717) is 0 Å². The van der Waals surface area contributed by atoms with Crippen LogP contribution in [0.4, 0.5) is 0 Å². The first-order valence-electron chi connectivity index (χ1n) is 5.66. The standard InChI is InChI=1S/C12H22N2.ClH/c1-3-5-13-7-10-14(6-4-2,11-8-13)12-9-13;/h3-4H,1-2,5-12H2;1H/q+2;/p-1. The lowest BCUT2D eigenvalue weighted by atomic mass is 10.1. The van der Waals surface area contributed by atoms with Gasteiger partial charge in [0, 0.05) is 0 Å². The maximum Gasteiger partial charge on any atom is 0.129 e. The van der Waals surface area contributed by atoms with Gasteiger partial charge in [0.25, 0.3) is 0 Å². The number of quaternary nitrogens is 2. The van der Waals surface area contributed by atoms with E-state index >= 15 is 0 Å². The van der Waals surface area contributed by atoms with E-state index in [4.69, 9.17) is 0 Å². The lowest BCUT2D eigenvalue weighted by Gasteiger charge is -2.55. The van der Waals surface area contributed by atoms with Crippen molar-refractivity contribution in [2.75, 3.05) is 52.4 Å². The highest BCUT2D eigenvalue weighted by Gasteiger charge is 2.47. The Bertz CT molecular complexity index is 199. The van der Waals surface area contributed by atoms with E-state index in [1.54, 1.807) is 0 Å². The minimum atomic E-state index is 0. The second-order valence-electron chi connectivity index (χ2n) is 4.97. The largest absolute Gasteiger partial charge is 1.00 e. The average molecular weight is 230 g/mol. The fourth-order valence-electron chi connectivity index (χ4n) is 3.04. The molecule has 3 heteroatoms. The molecule has 3 rings (SSSR count). The molecule has 0 N–H and O–H groups in total. The number of piperazine rings is 3. The van der Waals surface area contributed by atoms with E-state index in [9.17, 15) is 0 Å². The van der Waals surface area contributed by atoms with Crippen molar-refractivity contribution in [2.24, 2.45) is 0 Å². The summed E-state index contributed by atoms with van der Waals surface area (Å²) < 4.78 is 2.61. The maximum absolute atomic E-state index is 3.88. The summed E-state index contributed by atoms with van der Waals surface area (Å²) in [5.74, 6) is 0. The summed E-state index contributed by atoms with van der Waals surface area (Å²) in [7, 11) is 0. The second kappa shape index (κ2) is 4.69. The van der Waals surface area contributed by atoms with Crippen molar-refractivity contribution in [2.45, 2.75) is 0 Å². The minimum absolute atomic E-state index is 0. The van der Waals surface area contributed by atoms with Gasteiger partial charge in [-0.05, 0) is 12.2 Å². The molecule has 3 fully saturated rings. The number of rotatable bonds is 4. The van der Waals surface area contributed by atoms with Crippen molar-refractivity contribution < 1.29 is 21.4 Å². The molecule has 2 bridgehead atoms. The van der Waals surface area contributed by atoms with Crippen molar-refractivity contribution in [3.8, 4) is 0 Å². The van der Waals surface area contributed by atoms with Gasteiger partial charge in [-0.1, -0.05) is 13.2 Å². The molecule has 3 heterocycles. The topological polar surface area (TPSA) is 0 Å². The van der Waals surface area contributed by atoms with E-state index in [2.05, 4.69) is 25.3 Å². The van der Waals surface area contributed by atoms with Gasteiger partial charge in [0.05, 0.1) is 13.1 Å². The van der Waals surface area contributed by atoms with E-state index in [1.807, 2.05) is 0 Å². The van der Waals surface area contributed by atoms with E-state index in [1.165, 1.54) is 61.3 Å². The molecule has 3 saturated heterocycles. The second-order valence-corrected chi connectivity index (χ2v) is 4.97. The highest BCUT2D eigenvalue weighted by molar-refractivity contribution is 4.74. The molecule has 0 unspecified atom stereocenters. The Hall–Kier alpha value is -0.310. The van der Waals surface area contributed by atoms with Crippen LogP contribution in [0.2, 0.25) is 0 Å². The molecule has 0 aromatic carbocycles. The Morgan fingerprint density at radius 2 is 1.00 bits per heavy atom. The molecule has 0 aromatic heterocycles. The van der Waals surface area contributed by atoms with Crippen LogP contribution in [0.25, 0.3) is 0 Å². The van der Waals surface area contributed by atoms with Gasteiger partial charge < -0.3 is 21.4 Å². The summed E-state index contributed by atoms with van der Waals surface area (Å²) in [6.45, 7) is 18.2. The smallest absolute Gasteiger partial charge is 0.129 e. The molecule has 0 saturated carbocycles. The third-order valence-corrected chi connectivity index (χ3v) is 4.18. The fraction of sp³-hybridized carbons (Fsp3) is 0.667. The predicted molar refractivity (Wildman–Crippen MR) is 59.9 cm³/mol. The minimum Gasteiger partial charge on any atom is -1.00 e. The van der Waals surface area contributed by atoms with Crippen LogP contribution >= 0.6 is 0 Å². The van der Waals surface area contributed by atoms with E-state index in [-0.39, 0.29) is 12.4 Å². The van der Waals surface area contributed by atoms with Crippen molar-refractivity contribution in [1.82, 2.24) is 0 Å². The van der Waals surface area contributed by atoms with Crippen molar-refractivity contribution in [1.29, 1.82) is 0 Å². The zero-order valence-electron chi connectivity index (χ0n) is 9.50. The fourth-order valence-corrected chi connectivity index (χ4v) is 3.04. The maximum atomic E-state index is 3.88. The van der Waals surface area contributed by atoms with Gasteiger partial charge in [0.2, 0.25) is 0 Å². The molecule has 0 atom stereocenters. The SMILES string of the molecule is C=CC[N+]12CC[N+](CC=C)(CC1)CC2.[Cl-]. The summed E-state index contributed by atoms with van der Waals surface area (Å²) in [5, 5.41) is 0. The van der Waals surface area contributed by atoms with Crippen LogP contribution in [0, 0.1) is 0 Å². The molecule has 3 aliphatic heterocycles. The summed E-state index contributed by atoms with van der Waals surface area (Å²) in [4.78, 5) is 0. The highest BCUT2D eigenvalue weighted by atomic mass is 35.5. The number of fused-ring (bicyclic) bond motifs is 3. The summed E-state index contributed by atoms with van der Waals surface area (Å²) >= 11 is 0. The molecule has 0 aromatic rings. The van der Waals surface area contributed by atoms with Gasteiger partial charge in [-0.25, -0.2) is 0 Å². The summed E-state index contributed by atoms with van der Waals surface area (Å²) in [6, 6.07) is 0. The van der Waals surface area contributed by atoms with Gasteiger partial charge in [-0.3, -0.25) is 0 Å². The predicted octanol–water partition coefficient (Wildman–Crippen LogP) is -1.98. The molecule has 0 spiro atoms. The third-order valence-electron chi connectivity index (χ3n) is 4.18. The normalized spacial score (nSPS) is 38.1. The first kappa shape index (κ1) is 12.8. The van der Waals surface area contributed by atoms with Crippen molar-refractivity contribution in [3.63, 3.8) is 0 Å². The van der Waals surface area contributed by atoms with Gasteiger partial charge in [-0.15, -0.1) is 0 Å². The molecule has 0 radical (unpaired) electrons. The first-order valence-corrected chi connectivity index (χ1v) is 5.66. The number of halogens is 1. The van der Waals surface area contributed by atoms with E-state index in [0.717, 1.165) is 0 Å². The zero-order chi connectivity index (χ0) is 10.1. The highest BCUT2D eigenvalue weighted by Crippen LogP contribution is 2.26. The van der Waals surface area contributed by atoms with Crippen LogP contribution < -0.4 is 12.4 Å². The van der Waals surface area contributed by atoms with Gasteiger partial charge in [-0.2, -0.15) is 0 Å². The Morgan fingerprint density at radius 1 is 0.733 bits per heavy atom. The van der Waals surface area contributed by atoms with Crippen molar-refractivity contribution in [3.05, 3.63) is 25.3 Å². The molecule has 0 aliphatic carbocycles. The molecule has 3 aliphatic rings. The van der Waals surface area contributed by atoms with Gasteiger partial charge in [0.1, 0.15) is 39.3 Å². The van der Waals surface area contributed by atoms with Crippen LogP contribution in [-0.2, 0) is 0 Å². The Balaban J connectivity index is 0.00000112. The molecule has 86 valence electrons. The summed E-state index contributed by atoms with van der Waals surface area (Å²) in [5.41, 5.74) is 0. The van der Waals surface area contributed by atoms with E-state index < -0.39 is 0 Å². The van der Waals surface area contributed by atoms with Crippen LogP contribution in [0.15, 0.2) is 25.3 Å². The van der Waals surface area contributed by atoms with Gasteiger partial charge >= 0.3 is 0 Å². The lowest BCUT2D eigenvalue weighted by molar-refractivity contribution is -1.08. The van der Waals surface area contributed by atoms with Crippen LogP contribution in [0.1, 0.15) is 0 Å². The number of hydrogen-bond donors (Lipinski definition) is 0. The Kier molecular flexibility index (Phi) is 3.99. The quantitative estimate of drug-likeness (QED) is 0.388. The number of hydrogen-bond acceptors (Lipinski definition) is 0. The zero-order valence-corrected chi connectivity index (χ0v) is 10.3. The molecule has 2 nitrogen and oxygen atoms in total. The molecular formula is C12H22ClN2+. The molecule has 15 heavy (non-hydrogen) atoms. The monoisotopic (exact) mass is 229 g/mol. The summed E-state index contributed by atoms with van der Waals surface area (Å²) in [6.07, 6.45) is 4.19. The number of nitrogens with zero attached hydrogens (tertiary/aromatic N) is 2.